The van der Waals surface area contributed by atoms with Crippen molar-refractivity contribution in [1.29, 1.82) is 0 Å². The minimum absolute atomic E-state index is 0.174. The molecule has 3 N–H and O–H groups in total. The smallest absolute Gasteiger partial charge is 0.406 e. The van der Waals surface area contributed by atoms with Gasteiger partial charge in [0.05, 0.1) is 18.8 Å². The number of morpholine rings is 1. The highest BCUT2D eigenvalue weighted by Crippen LogP contribution is 2.24. The SMILES string of the molecule is CC1CN(Cc2ccccc2CN=C(N)Nc2ccc(OC(F)(F)F)cc2)CC(C)O1. The van der Waals surface area contributed by atoms with E-state index >= 15 is 0 Å². The predicted molar refractivity (Wildman–Crippen MR) is 114 cm³/mol. The second-order valence-electron chi connectivity index (χ2n) is 7.62. The fourth-order valence-corrected chi connectivity index (χ4v) is 3.62. The molecule has 168 valence electrons. The third-order valence-electron chi connectivity index (χ3n) is 4.79. The van der Waals surface area contributed by atoms with Crippen LogP contribution in [0.1, 0.15) is 25.0 Å². The van der Waals surface area contributed by atoms with E-state index in [0.29, 0.717) is 12.2 Å². The van der Waals surface area contributed by atoms with Gasteiger partial charge in [-0.1, -0.05) is 24.3 Å². The number of ether oxygens (including phenoxy) is 2. The van der Waals surface area contributed by atoms with E-state index in [1.807, 2.05) is 18.2 Å². The molecule has 31 heavy (non-hydrogen) atoms. The number of nitrogens with one attached hydrogen (secondary N) is 1. The molecule has 0 aromatic heterocycles. The van der Waals surface area contributed by atoms with Crippen molar-refractivity contribution in [2.75, 3.05) is 18.4 Å². The van der Waals surface area contributed by atoms with Gasteiger partial charge in [-0.15, -0.1) is 13.2 Å². The first-order chi connectivity index (χ1) is 14.7. The first kappa shape index (κ1) is 22.9. The van der Waals surface area contributed by atoms with Gasteiger partial charge in [0, 0.05) is 25.3 Å². The summed E-state index contributed by atoms with van der Waals surface area (Å²) in [6, 6.07) is 13.4. The second-order valence-corrected chi connectivity index (χ2v) is 7.62. The van der Waals surface area contributed by atoms with E-state index in [4.69, 9.17) is 10.5 Å². The molecule has 0 aliphatic carbocycles. The Bertz CT molecular complexity index is 877. The number of anilines is 1. The summed E-state index contributed by atoms with van der Waals surface area (Å²) in [6.45, 7) is 7.09. The summed E-state index contributed by atoms with van der Waals surface area (Å²) >= 11 is 0. The molecule has 3 rings (SSSR count). The average Bonchev–Trinajstić information content (AvgIpc) is 2.67. The van der Waals surface area contributed by atoms with E-state index in [2.05, 4.69) is 39.9 Å². The number of rotatable bonds is 6. The third kappa shape index (κ3) is 7.45. The molecule has 9 heteroatoms. The molecule has 2 aromatic rings. The zero-order valence-electron chi connectivity index (χ0n) is 17.5. The van der Waals surface area contributed by atoms with Crippen molar-refractivity contribution in [3.8, 4) is 5.75 Å². The van der Waals surface area contributed by atoms with E-state index in [-0.39, 0.29) is 23.9 Å². The first-order valence-corrected chi connectivity index (χ1v) is 10.1. The Morgan fingerprint density at radius 2 is 1.71 bits per heavy atom. The van der Waals surface area contributed by atoms with Gasteiger partial charge in [0.15, 0.2) is 5.96 Å². The molecule has 0 spiro atoms. The number of hydrogen-bond donors (Lipinski definition) is 2. The van der Waals surface area contributed by atoms with Gasteiger partial charge in [0.25, 0.3) is 0 Å². The number of alkyl halides is 3. The minimum Gasteiger partial charge on any atom is -0.406 e. The van der Waals surface area contributed by atoms with Crippen LogP contribution in [0.3, 0.4) is 0 Å². The van der Waals surface area contributed by atoms with E-state index in [1.54, 1.807) is 0 Å². The lowest BCUT2D eigenvalue weighted by atomic mass is 10.1. The number of nitrogens with zero attached hydrogens (tertiary/aromatic N) is 2. The fraction of sp³-hybridized carbons (Fsp3) is 0.409. The van der Waals surface area contributed by atoms with Crippen LogP contribution < -0.4 is 15.8 Å². The van der Waals surface area contributed by atoms with Gasteiger partial charge in [-0.2, -0.15) is 0 Å². The van der Waals surface area contributed by atoms with Crippen molar-refractivity contribution in [2.45, 2.75) is 45.5 Å². The van der Waals surface area contributed by atoms with Crippen molar-refractivity contribution in [3.63, 3.8) is 0 Å². The topological polar surface area (TPSA) is 72.1 Å². The van der Waals surface area contributed by atoms with Gasteiger partial charge in [0.1, 0.15) is 5.75 Å². The lowest BCUT2D eigenvalue weighted by Crippen LogP contribution is -2.44. The lowest BCUT2D eigenvalue weighted by molar-refractivity contribution is -0.274. The molecule has 6 nitrogen and oxygen atoms in total. The number of halogens is 3. The predicted octanol–water partition coefficient (Wildman–Crippen LogP) is 4.12. The number of guanidine groups is 1. The Morgan fingerprint density at radius 3 is 2.32 bits per heavy atom. The molecule has 1 saturated heterocycles. The van der Waals surface area contributed by atoms with Gasteiger partial charge in [-0.25, -0.2) is 4.99 Å². The zero-order valence-corrected chi connectivity index (χ0v) is 17.5. The number of hydrogen-bond acceptors (Lipinski definition) is 4. The molecule has 2 unspecified atom stereocenters. The quantitative estimate of drug-likeness (QED) is 0.527. The molecule has 2 atom stereocenters. The van der Waals surface area contributed by atoms with Crippen LogP contribution in [0.15, 0.2) is 53.5 Å². The summed E-state index contributed by atoms with van der Waals surface area (Å²) in [5.41, 5.74) is 8.72. The molecule has 1 aliphatic heterocycles. The summed E-state index contributed by atoms with van der Waals surface area (Å²) in [4.78, 5) is 6.75. The molecule has 0 amide bonds. The average molecular weight is 436 g/mol. The molecule has 0 saturated carbocycles. The summed E-state index contributed by atoms with van der Waals surface area (Å²) in [6.07, 6.45) is -4.33. The maximum Gasteiger partial charge on any atom is 0.573 e. The highest BCUT2D eigenvalue weighted by Gasteiger charge is 2.31. The van der Waals surface area contributed by atoms with Gasteiger partial charge in [-0.05, 0) is 49.2 Å². The summed E-state index contributed by atoms with van der Waals surface area (Å²) in [5, 5.41) is 2.88. The number of aliphatic imine (C=N–C) groups is 1. The Morgan fingerprint density at radius 1 is 1.10 bits per heavy atom. The van der Waals surface area contributed by atoms with Gasteiger partial charge < -0.3 is 20.5 Å². The van der Waals surface area contributed by atoms with Crippen LogP contribution in [0.2, 0.25) is 0 Å². The summed E-state index contributed by atoms with van der Waals surface area (Å²) in [7, 11) is 0. The van der Waals surface area contributed by atoms with Gasteiger partial charge in [-0.3, -0.25) is 4.90 Å². The Kier molecular flexibility index (Phi) is 7.40. The minimum atomic E-state index is -4.72. The highest BCUT2D eigenvalue weighted by atomic mass is 19.4. The van der Waals surface area contributed by atoms with Crippen LogP contribution in [0.5, 0.6) is 5.75 Å². The zero-order chi connectivity index (χ0) is 22.4. The molecule has 0 bridgehead atoms. The van der Waals surface area contributed by atoms with Gasteiger partial charge >= 0.3 is 6.36 Å². The van der Waals surface area contributed by atoms with Crippen LogP contribution in [-0.4, -0.2) is 42.5 Å². The monoisotopic (exact) mass is 436 g/mol. The maximum atomic E-state index is 12.2. The summed E-state index contributed by atoms with van der Waals surface area (Å²) in [5.74, 6) is -0.123. The highest BCUT2D eigenvalue weighted by molar-refractivity contribution is 5.92. The van der Waals surface area contributed by atoms with E-state index < -0.39 is 6.36 Å². The molecule has 0 radical (unpaired) electrons. The van der Waals surface area contributed by atoms with E-state index in [9.17, 15) is 13.2 Å². The normalized spacial score (nSPS) is 20.5. The molecule has 1 fully saturated rings. The molecular weight excluding hydrogens is 409 g/mol. The third-order valence-corrected chi connectivity index (χ3v) is 4.79. The molecule has 2 aromatic carbocycles. The number of benzene rings is 2. The van der Waals surface area contributed by atoms with E-state index in [1.165, 1.54) is 29.8 Å². The second kappa shape index (κ2) is 10.0. The number of nitrogens with two attached hydrogens (primary N) is 1. The Labute approximate surface area is 179 Å². The molecule has 1 heterocycles. The standard InChI is InChI=1S/C22H27F3N4O2/c1-15-12-29(13-16(2)30-15)14-18-6-4-3-5-17(18)11-27-21(26)28-19-7-9-20(10-8-19)31-22(23,24)25/h3-10,15-16H,11-14H2,1-2H3,(H3,26,27,28). The maximum absolute atomic E-state index is 12.2. The van der Waals surface area contributed by atoms with Crippen molar-refractivity contribution in [1.82, 2.24) is 4.90 Å². The van der Waals surface area contributed by atoms with Crippen LogP contribution in [-0.2, 0) is 17.8 Å². The van der Waals surface area contributed by atoms with Crippen molar-refractivity contribution >= 4 is 11.6 Å². The fourth-order valence-electron chi connectivity index (χ4n) is 3.62. The van der Waals surface area contributed by atoms with Crippen molar-refractivity contribution in [2.24, 2.45) is 10.7 Å². The summed E-state index contributed by atoms with van der Waals surface area (Å²) < 4.78 is 46.4. The molecule has 1 aliphatic rings. The first-order valence-electron chi connectivity index (χ1n) is 10.1. The largest absolute Gasteiger partial charge is 0.573 e. The van der Waals surface area contributed by atoms with Crippen LogP contribution in [0.25, 0.3) is 0 Å². The van der Waals surface area contributed by atoms with Crippen molar-refractivity contribution in [3.05, 3.63) is 59.7 Å². The Balaban J connectivity index is 1.60. The van der Waals surface area contributed by atoms with Crippen LogP contribution >= 0.6 is 0 Å². The van der Waals surface area contributed by atoms with E-state index in [0.717, 1.165) is 25.2 Å². The van der Waals surface area contributed by atoms with Crippen molar-refractivity contribution < 1.29 is 22.6 Å². The van der Waals surface area contributed by atoms with Gasteiger partial charge in [0.2, 0.25) is 0 Å². The Hall–Kier alpha value is -2.78. The molecular formula is C22H27F3N4O2. The van der Waals surface area contributed by atoms with Crippen LogP contribution in [0.4, 0.5) is 18.9 Å². The lowest BCUT2D eigenvalue weighted by Gasteiger charge is -2.35. The van der Waals surface area contributed by atoms with Crippen LogP contribution in [0, 0.1) is 0 Å².